The van der Waals surface area contributed by atoms with Crippen molar-refractivity contribution in [3.8, 4) is 11.5 Å². The predicted octanol–water partition coefficient (Wildman–Crippen LogP) is 0.413. The molecule has 7 nitrogen and oxygen atoms in total. The van der Waals surface area contributed by atoms with E-state index in [9.17, 15) is 24.6 Å². The Kier molecular flexibility index (Phi) is 2.82. The molecule has 0 bridgehead atoms. The fourth-order valence-corrected chi connectivity index (χ4v) is 1.69. The monoisotopic (exact) mass is 261 g/mol. The van der Waals surface area contributed by atoms with Gasteiger partial charge in [0.2, 0.25) is 5.43 Å². The van der Waals surface area contributed by atoms with Crippen LogP contribution >= 0.6 is 0 Å². The van der Waals surface area contributed by atoms with E-state index >= 15 is 0 Å². The normalized spacial score (nSPS) is 10.1. The number of pyridine rings is 1. The second-order valence-electron chi connectivity index (χ2n) is 3.69. The lowest BCUT2D eigenvalue weighted by Gasteiger charge is -2.08. The lowest BCUT2D eigenvalue weighted by molar-refractivity contribution is 0.0695. The summed E-state index contributed by atoms with van der Waals surface area (Å²) < 4.78 is 1.03. The van der Waals surface area contributed by atoms with Gasteiger partial charge in [-0.05, 0) is 6.07 Å². The Morgan fingerprint density at radius 2 is 1.89 bits per heavy atom. The number of carbonyl (C=O) groups is 1. The summed E-state index contributed by atoms with van der Waals surface area (Å²) in [7, 11) is 0. The molecule has 0 saturated heterocycles. The second kappa shape index (κ2) is 4.32. The summed E-state index contributed by atoms with van der Waals surface area (Å²) in [6, 6.07) is 1.99. The minimum Gasteiger partial charge on any atom is -0.504 e. The van der Waals surface area contributed by atoms with Crippen LogP contribution < -0.4 is 5.43 Å². The van der Waals surface area contributed by atoms with Crippen LogP contribution in [0.5, 0.6) is 11.5 Å². The first kappa shape index (κ1) is 12.4. The van der Waals surface area contributed by atoms with Gasteiger partial charge in [0.15, 0.2) is 11.5 Å². The fourth-order valence-electron chi connectivity index (χ4n) is 1.69. The smallest absolute Gasteiger partial charge is 0.341 e. The van der Waals surface area contributed by atoms with E-state index < -0.39 is 28.5 Å². The number of hydrogen-bond acceptors (Lipinski definition) is 5. The molecule has 1 heterocycles. The van der Waals surface area contributed by atoms with Crippen molar-refractivity contribution in [3.05, 3.63) is 34.1 Å². The SMILES string of the molecule is O=C=Cn1cc(C(=O)O)c(=O)c2cc(O)c(O)cc21. The average molecular weight is 261 g/mol. The fraction of sp³-hybridized carbons (Fsp3) is 0. The number of fused-ring (bicyclic) bond motifs is 1. The van der Waals surface area contributed by atoms with Crippen molar-refractivity contribution in [2.75, 3.05) is 0 Å². The first-order valence-corrected chi connectivity index (χ1v) is 5.01. The minimum absolute atomic E-state index is 0.0775. The molecule has 2 aromatic rings. The van der Waals surface area contributed by atoms with Crippen molar-refractivity contribution in [2.45, 2.75) is 0 Å². The Morgan fingerprint density at radius 3 is 2.47 bits per heavy atom. The third kappa shape index (κ3) is 1.94. The van der Waals surface area contributed by atoms with E-state index in [0.29, 0.717) is 0 Å². The van der Waals surface area contributed by atoms with E-state index in [1.54, 1.807) is 0 Å². The van der Waals surface area contributed by atoms with Crippen LogP contribution in [0.4, 0.5) is 0 Å². The van der Waals surface area contributed by atoms with Crippen LogP contribution in [0.15, 0.2) is 23.1 Å². The number of carbonyl (C=O) groups excluding carboxylic acids is 1. The van der Waals surface area contributed by atoms with Crippen LogP contribution in [0.3, 0.4) is 0 Å². The van der Waals surface area contributed by atoms with Crippen molar-refractivity contribution >= 4 is 29.0 Å². The average Bonchev–Trinajstić information content (AvgIpc) is 2.35. The van der Waals surface area contributed by atoms with Crippen LogP contribution in [-0.2, 0) is 4.79 Å². The zero-order chi connectivity index (χ0) is 14.2. The second-order valence-corrected chi connectivity index (χ2v) is 3.69. The van der Waals surface area contributed by atoms with Crippen molar-refractivity contribution in [1.82, 2.24) is 4.57 Å². The van der Waals surface area contributed by atoms with Crippen LogP contribution in [0.1, 0.15) is 10.4 Å². The number of aromatic hydroxyl groups is 2. The third-order valence-electron chi connectivity index (χ3n) is 2.55. The largest absolute Gasteiger partial charge is 0.504 e. The molecule has 1 aromatic carbocycles. The molecule has 0 saturated carbocycles. The predicted molar refractivity (Wildman–Crippen MR) is 65.0 cm³/mol. The number of aromatic nitrogens is 1. The summed E-state index contributed by atoms with van der Waals surface area (Å²) in [5.41, 5.74) is -1.31. The van der Waals surface area contributed by atoms with Gasteiger partial charge in [-0.25, -0.2) is 9.59 Å². The highest BCUT2D eigenvalue weighted by atomic mass is 16.4. The van der Waals surface area contributed by atoms with Crippen molar-refractivity contribution in [2.24, 2.45) is 0 Å². The molecule has 0 atom stereocenters. The topological polar surface area (TPSA) is 117 Å². The Labute approximate surface area is 105 Å². The molecule has 0 unspecified atom stereocenters. The summed E-state index contributed by atoms with van der Waals surface area (Å²) in [5.74, 6) is -1.08. The van der Waals surface area contributed by atoms with Gasteiger partial charge >= 0.3 is 5.97 Å². The molecular formula is C12H7NO6. The first-order valence-electron chi connectivity index (χ1n) is 5.01. The Balaban J connectivity index is 3.05. The highest BCUT2D eigenvalue weighted by Crippen LogP contribution is 2.28. The number of benzene rings is 1. The standard InChI is InChI=1S/C12H7NO6/c14-2-1-13-5-7(12(18)19)11(17)6-3-9(15)10(16)4-8(6)13/h1,3-5,15-16H,(H,18,19). The molecular weight excluding hydrogens is 254 g/mol. The van der Waals surface area contributed by atoms with Crippen molar-refractivity contribution in [1.29, 1.82) is 0 Å². The lowest BCUT2D eigenvalue weighted by atomic mass is 10.1. The molecule has 0 fully saturated rings. The summed E-state index contributed by atoms with van der Waals surface area (Å²) in [4.78, 5) is 33.2. The molecule has 0 amide bonds. The first-order chi connectivity index (χ1) is 8.95. The number of hydrogen-bond donors (Lipinski definition) is 3. The number of nitrogens with zero attached hydrogens (tertiary/aromatic N) is 1. The number of aromatic carboxylic acids is 1. The number of carboxylic acid groups (broad SMARTS) is 1. The van der Waals surface area contributed by atoms with Crippen molar-refractivity contribution < 1.29 is 24.9 Å². The van der Waals surface area contributed by atoms with E-state index in [-0.39, 0.29) is 10.9 Å². The Bertz CT molecular complexity index is 798. The van der Waals surface area contributed by atoms with Crippen LogP contribution in [0.2, 0.25) is 0 Å². The number of phenols is 2. The molecule has 2 rings (SSSR count). The van der Waals surface area contributed by atoms with E-state index in [2.05, 4.69) is 0 Å². The van der Waals surface area contributed by atoms with Crippen LogP contribution in [-0.4, -0.2) is 31.8 Å². The maximum atomic E-state index is 11.9. The minimum atomic E-state index is -1.47. The van der Waals surface area contributed by atoms with Gasteiger partial charge in [0.25, 0.3) is 0 Å². The van der Waals surface area contributed by atoms with Gasteiger partial charge in [-0.3, -0.25) is 4.79 Å². The Hall–Kier alpha value is -3.05. The lowest BCUT2D eigenvalue weighted by Crippen LogP contribution is -2.17. The van der Waals surface area contributed by atoms with Gasteiger partial charge in [0.05, 0.1) is 17.1 Å². The van der Waals surface area contributed by atoms with E-state index in [4.69, 9.17) is 5.11 Å². The maximum Gasteiger partial charge on any atom is 0.341 e. The zero-order valence-corrected chi connectivity index (χ0v) is 9.32. The molecule has 0 aliphatic carbocycles. The maximum absolute atomic E-state index is 11.9. The number of rotatable bonds is 2. The molecule has 1 aromatic heterocycles. The zero-order valence-electron chi connectivity index (χ0n) is 9.32. The van der Waals surface area contributed by atoms with Crippen molar-refractivity contribution in [3.63, 3.8) is 0 Å². The van der Waals surface area contributed by atoms with E-state index in [1.165, 1.54) is 5.94 Å². The molecule has 19 heavy (non-hydrogen) atoms. The summed E-state index contributed by atoms with van der Waals surface area (Å²) >= 11 is 0. The molecule has 0 radical (unpaired) electrons. The van der Waals surface area contributed by atoms with E-state index in [1.807, 2.05) is 0 Å². The molecule has 3 N–H and O–H groups in total. The molecule has 96 valence electrons. The summed E-state index contributed by atoms with van der Waals surface area (Å²) in [6.07, 6.45) is 1.80. The van der Waals surface area contributed by atoms with Crippen LogP contribution in [0, 0.1) is 0 Å². The van der Waals surface area contributed by atoms with Gasteiger partial charge in [-0.1, -0.05) is 0 Å². The molecule has 0 aliphatic heterocycles. The van der Waals surface area contributed by atoms with Gasteiger partial charge in [-0.2, -0.15) is 0 Å². The quantitative estimate of drug-likeness (QED) is 0.532. The van der Waals surface area contributed by atoms with Crippen LogP contribution in [0.25, 0.3) is 17.1 Å². The summed E-state index contributed by atoms with van der Waals surface area (Å²) in [5, 5.41) is 27.5. The molecule has 7 heteroatoms. The Morgan fingerprint density at radius 1 is 1.26 bits per heavy atom. The highest BCUT2D eigenvalue weighted by molar-refractivity contribution is 5.94. The number of carboxylic acids is 1. The van der Waals surface area contributed by atoms with Gasteiger partial charge in [-0.15, -0.1) is 0 Å². The van der Waals surface area contributed by atoms with E-state index in [0.717, 1.165) is 29.1 Å². The third-order valence-corrected chi connectivity index (χ3v) is 2.55. The molecule has 0 spiro atoms. The summed E-state index contributed by atoms with van der Waals surface area (Å²) in [6.45, 7) is 0. The van der Waals surface area contributed by atoms with Gasteiger partial charge < -0.3 is 19.9 Å². The number of phenolic OH excluding ortho intramolecular Hbond substituents is 2. The molecule has 0 aliphatic rings. The highest BCUT2D eigenvalue weighted by Gasteiger charge is 2.15. The van der Waals surface area contributed by atoms with Gasteiger partial charge in [0.1, 0.15) is 11.5 Å². The van der Waals surface area contributed by atoms with Gasteiger partial charge in [0, 0.05) is 12.3 Å².